The fourth-order valence-corrected chi connectivity index (χ4v) is 1.82. The van der Waals surface area contributed by atoms with Crippen molar-refractivity contribution < 1.29 is 14.6 Å². The summed E-state index contributed by atoms with van der Waals surface area (Å²) < 4.78 is 4.95. The summed E-state index contributed by atoms with van der Waals surface area (Å²) in [6.45, 7) is 3.44. The first-order valence-electron chi connectivity index (χ1n) is 5.24. The Kier molecular flexibility index (Phi) is 3.79. The van der Waals surface area contributed by atoms with E-state index in [-0.39, 0.29) is 12.5 Å². The molecule has 1 rings (SSSR count). The molecule has 0 saturated heterocycles. The van der Waals surface area contributed by atoms with Crippen LogP contribution in [0, 0.1) is 4.91 Å². The van der Waals surface area contributed by atoms with Gasteiger partial charge in [0.15, 0.2) is 5.60 Å². The highest BCUT2D eigenvalue weighted by Gasteiger charge is 2.43. The standard InChI is InChI=1S/C10H17NO4/c1-7(2)15-9(12)10(13)5-3-4-8(6-10)11-14/h7-8,13H,3-6H2,1-2H3/t8-,10?/m1/s1. The minimum Gasteiger partial charge on any atom is -0.461 e. The zero-order valence-electron chi connectivity index (χ0n) is 9.10. The highest BCUT2D eigenvalue weighted by Crippen LogP contribution is 2.31. The topological polar surface area (TPSA) is 76.0 Å². The maximum atomic E-state index is 11.6. The third kappa shape index (κ3) is 2.99. The highest BCUT2D eigenvalue weighted by atomic mass is 16.6. The molecule has 1 unspecified atom stereocenters. The van der Waals surface area contributed by atoms with Gasteiger partial charge in [-0.3, -0.25) is 0 Å². The van der Waals surface area contributed by atoms with Gasteiger partial charge in [-0.25, -0.2) is 4.79 Å². The van der Waals surface area contributed by atoms with Crippen molar-refractivity contribution in [2.24, 2.45) is 5.18 Å². The average molecular weight is 215 g/mol. The lowest BCUT2D eigenvalue weighted by Gasteiger charge is -2.32. The molecule has 1 aliphatic carbocycles. The molecule has 0 spiro atoms. The molecule has 0 aliphatic heterocycles. The number of carbonyl (C=O) groups is 1. The first kappa shape index (κ1) is 12.1. The van der Waals surface area contributed by atoms with Crippen molar-refractivity contribution in [3.63, 3.8) is 0 Å². The van der Waals surface area contributed by atoms with E-state index in [9.17, 15) is 14.8 Å². The molecule has 1 N–H and O–H groups in total. The van der Waals surface area contributed by atoms with E-state index in [1.54, 1.807) is 13.8 Å². The summed E-state index contributed by atoms with van der Waals surface area (Å²) in [5.74, 6) is -0.633. The van der Waals surface area contributed by atoms with E-state index in [2.05, 4.69) is 5.18 Å². The van der Waals surface area contributed by atoms with Crippen molar-refractivity contribution in [3.05, 3.63) is 4.91 Å². The van der Waals surface area contributed by atoms with Gasteiger partial charge in [0.1, 0.15) is 0 Å². The number of carbonyl (C=O) groups excluding carboxylic acids is 1. The second kappa shape index (κ2) is 4.70. The highest BCUT2D eigenvalue weighted by molar-refractivity contribution is 5.79. The summed E-state index contributed by atoms with van der Waals surface area (Å²) in [4.78, 5) is 22.0. The molecule has 5 nitrogen and oxygen atoms in total. The second-order valence-electron chi connectivity index (χ2n) is 4.34. The first-order chi connectivity index (χ1) is 6.98. The summed E-state index contributed by atoms with van der Waals surface area (Å²) in [5, 5.41) is 12.9. The average Bonchev–Trinajstić information content (AvgIpc) is 2.16. The van der Waals surface area contributed by atoms with Crippen LogP contribution in [0.4, 0.5) is 0 Å². The van der Waals surface area contributed by atoms with E-state index in [1.165, 1.54) is 0 Å². The molecule has 1 fully saturated rings. The van der Waals surface area contributed by atoms with E-state index < -0.39 is 17.6 Å². The Bertz CT molecular complexity index is 254. The predicted molar refractivity (Wildman–Crippen MR) is 54.2 cm³/mol. The Morgan fingerprint density at radius 2 is 2.27 bits per heavy atom. The molecule has 0 amide bonds. The third-order valence-electron chi connectivity index (χ3n) is 2.57. The van der Waals surface area contributed by atoms with Gasteiger partial charge >= 0.3 is 5.97 Å². The molecule has 0 heterocycles. The number of aliphatic hydroxyl groups is 1. The summed E-state index contributed by atoms with van der Waals surface area (Å²) >= 11 is 0. The minimum atomic E-state index is -1.51. The molecule has 2 atom stereocenters. The van der Waals surface area contributed by atoms with Crippen molar-refractivity contribution in [2.75, 3.05) is 0 Å². The monoisotopic (exact) mass is 215 g/mol. The number of hydrogen-bond acceptors (Lipinski definition) is 5. The Balaban J connectivity index is 2.64. The molecular weight excluding hydrogens is 198 g/mol. The van der Waals surface area contributed by atoms with Crippen LogP contribution in [0.5, 0.6) is 0 Å². The molecule has 0 bridgehead atoms. The van der Waals surface area contributed by atoms with E-state index in [4.69, 9.17) is 4.74 Å². The zero-order valence-corrected chi connectivity index (χ0v) is 9.10. The third-order valence-corrected chi connectivity index (χ3v) is 2.57. The van der Waals surface area contributed by atoms with Crippen molar-refractivity contribution in [1.82, 2.24) is 0 Å². The number of nitroso groups, excluding NO2 is 1. The van der Waals surface area contributed by atoms with Gasteiger partial charge in [0, 0.05) is 6.42 Å². The van der Waals surface area contributed by atoms with Crippen LogP contribution < -0.4 is 0 Å². The first-order valence-corrected chi connectivity index (χ1v) is 5.24. The van der Waals surface area contributed by atoms with E-state index in [0.29, 0.717) is 19.3 Å². The van der Waals surface area contributed by atoms with E-state index >= 15 is 0 Å². The van der Waals surface area contributed by atoms with Crippen LogP contribution >= 0.6 is 0 Å². The van der Waals surface area contributed by atoms with Gasteiger partial charge in [-0.05, 0) is 33.1 Å². The van der Waals surface area contributed by atoms with Gasteiger partial charge in [0.05, 0.1) is 12.1 Å². The van der Waals surface area contributed by atoms with Crippen molar-refractivity contribution in [1.29, 1.82) is 0 Å². The lowest BCUT2D eigenvalue weighted by atomic mass is 9.82. The molecule has 0 radical (unpaired) electrons. The van der Waals surface area contributed by atoms with Crippen LogP contribution in [-0.4, -0.2) is 28.8 Å². The molecule has 15 heavy (non-hydrogen) atoms. The van der Waals surface area contributed by atoms with Crippen molar-refractivity contribution >= 4 is 5.97 Å². The molecule has 1 saturated carbocycles. The fraction of sp³-hybridized carbons (Fsp3) is 0.900. The van der Waals surface area contributed by atoms with Crippen LogP contribution in [0.25, 0.3) is 0 Å². The SMILES string of the molecule is CC(C)OC(=O)C1(O)CCC[C@@H](N=O)C1. The lowest BCUT2D eigenvalue weighted by molar-refractivity contribution is -0.173. The zero-order chi connectivity index (χ0) is 11.5. The van der Waals surface area contributed by atoms with Gasteiger partial charge in [-0.1, -0.05) is 5.18 Å². The Labute approximate surface area is 88.8 Å². The summed E-state index contributed by atoms with van der Waals surface area (Å²) in [5.41, 5.74) is -1.51. The van der Waals surface area contributed by atoms with E-state index in [0.717, 1.165) is 0 Å². The predicted octanol–water partition coefficient (Wildman–Crippen LogP) is 1.38. The second-order valence-corrected chi connectivity index (χ2v) is 4.34. The molecule has 5 heteroatoms. The number of nitrogens with zero attached hydrogens (tertiary/aromatic N) is 1. The van der Waals surface area contributed by atoms with Crippen molar-refractivity contribution in [3.8, 4) is 0 Å². The molecule has 0 aromatic rings. The normalized spacial score (nSPS) is 31.3. The van der Waals surface area contributed by atoms with Crippen LogP contribution in [0.2, 0.25) is 0 Å². The van der Waals surface area contributed by atoms with Gasteiger partial charge < -0.3 is 9.84 Å². The van der Waals surface area contributed by atoms with Gasteiger partial charge in [0.2, 0.25) is 0 Å². The van der Waals surface area contributed by atoms with Gasteiger partial charge in [-0.2, -0.15) is 4.91 Å². The van der Waals surface area contributed by atoms with Gasteiger partial charge in [-0.15, -0.1) is 0 Å². The van der Waals surface area contributed by atoms with E-state index in [1.807, 2.05) is 0 Å². The Morgan fingerprint density at radius 1 is 1.60 bits per heavy atom. The van der Waals surface area contributed by atoms with Crippen LogP contribution in [0.15, 0.2) is 5.18 Å². The van der Waals surface area contributed by atoms with Crippen LogP contribution in [0.1, 0.15) is 39.5 Å². The summed E-state index contributed by atoms with van der Waals surface area (Å²) in [7, 11) is 0. The maximum Gasteiger partial charge on any atom is 0.338 e. The quantitative estimate of drug-likeness (QED) is 0.570. The maximum absolute atomic E-state index is 11.6. The number of hydrogen-bond donors (Lipinski definition) is 1. The molecule has 1 aliphatic rings. The Hall–Kier alpha value is -0.970. The largest absolute Gasteiger partial charge is 0.461 e. The lowest BCUT2D eigenvalue weighted by Crippen LogP contribution is -2.46. The number of rotatable bonds is 3. The molecule has 0 aromatic heterocycles. The van der Waals surface area contributed by atoms with Gasteiger partial charge in [0.25, 0.3) is 0 Å². The van der Waals surface area contributed by atoms with Crippen molar-refractivity contribution in [2.45, 2.75) is 57.3 Å². The smallest absolute Gasteiger partial charge is 0.338 e. The fourth-order valence-electron chi connectivity index (χ4n) is 1.82. The van der Waals surface area contributed by atoms with Crippen LogP contribution in [-0.2, 0) is 9.53 Å². The molecule has 0 aromatic carbocycles. The number of esters is 1. The minimum absolute atomic E-state index is 0.0854. The summed E-state index contributed by atoms with van der Waals surface area (Å²) in [6, 6.07) is -0.469. The number of ether oxygens (including phenoxy) is 1. The Morgan fingerprint density at radius 3 is 2.80 bits per heavy atom. The summed E-state index contributed by atoms with van der Waals surface area (Å²) in [6.07, 6.45) is 1.44. The molecule has 86 valence electrons. The van der Waals surface area contributed by atoms with Crippen LogP contribution in [0.3, 0.4) is 0 Å². The molecular formula is C10H17NO4.